The van der Waals surface area contributed by atoms with E-state index >= 15 is 0 Å². The van der Waals surface area contributed by atoms with E-state index < -0.39 is 30.4 Å². The fourth-order valence-corrected chi connectivity index (χ4v) is 1.71. The summed E-state index contributed by atoms with van der Waals surface area (Å²) in [6, 6.07) is 2.01. The molecule has 0 saturated carbocycles. The maximum atomic E-state index is 13.3. The number of hydrogen-bond acceptors (Lipinski definition) is 2. The molecule has 0 heterocycles. The first-order chi connectivity index (χ1) is 8.73. The minimum Gasteiger partial charge on any atom is -0.396 e. The van der Waals surface area contributed by atoms with Gasteiger partial charge in [-0.1, -0.05) is 11.6 Å². The van der Waals surface area contributed by atoms with Crippen molar-refractivity contribution >= 4 is 23.2 Å². The lowest BCUT2D eigenvalue weighted by Crippen LogP contribution is -2.38. The van der Waals surface area contributed by atoms with Crippen LogP contribution in [0.15, 0.2) is 12.1 Å². The number of carbonyl (C=O) groups excluding carboxylic acids is 1. The molecule has 1 aromatic rings. The third-order valence-electron chi connectivity index (χ3n) is 2.48. The van der Waals surface area contributed by atoms with Crippen LogP contribution in [0.3, 0.4) is 0 Å². The summed E-state index contributed by atoms with van der Waals surface area (Å²) in [7, 11) is 0. The van der Waals surface area contributed by atoms with Gasteiger partial charge < -0.3 is 11.1 Å². The summed E-state index contributed by atoms with van der Waals surface area (Å²) in [5.41, 5.74) is 5.09. The SMILES string of the molecule is CC(C(=O)NC(F)C(F)F)c1cc(F)c(N)cc1Cl. The zero-order chi connectivity index (χ0) is 14.7. The Hall–Kier alpha value is -1.50. The van der Waals surface area contributed by atoms with Crippen LogP contribution in [0, 0.1) is 5.82 Å². The Bertz CT molecular complexity index is 484. The van der Waals surface area contributed by atoms with Crippen molar-refractivity contribution in [3.63, 3.8) is 0 Å². The molecule has 0 radical (unpaired) electrons. The number of carbonyl (C=O) groups is 1. The number of benzene rings is 1. The molecule has 0 aliphatic carbocycles. The molecule has 2 atom stereocenters. The number of nitrogen functional groups attached to an aromatic ring is 1. The summed E-state index contributed by atoms with van der Waals surface area (Å²) in [6.07, 6.45) is -6.12. The first-order valence-corrected chi connectivity index (χ1v) is 5.58. The van der Waals surface area contributed by atoms with E-state index in [1.807, 2.05) is 0 Å². The molecule has 106 valence electrons. The van der Waals surface area contributed by atoms with Gasteiger partial charge in [0, 0.05) is 5.02 Å². The third kappa shape index (κ3) is 3.73. The summed E-state index contributed by atoms with van der Waals surface area (Å²) < 4.78 is 49.9. The van der Waals surface area contributed by atoms with E-state index in [0.717, 1.165) is 12.1 Å². The largest absolute Gasteiger partial charge is 0.396 e. The molecule has 3 N–H and O–H groups in total. The van der Waals surface area contributed by atoms with Gasteiger partial charge in [-0.05, 0) is 24.6 Å². The van der Waals surface area contributed by atoms with Gasteiger partial charge in [-0.3, -0.25) is 4.79 Å². The van der Waals surface area contributed by atoms with Gasteiger partial charge in [0.1, 0.15) is 5.82 Å². The highest BCUT2D eigenvalue weighted by atomic mass is 35.5. The Balaban J connectivity index is 2.91. The minimum absolute atomic E-state index is 0.00555. The molecule has 3 nitrogen and oxygen atoms in total. The second-order valence-corrected chi connectivity index (χ2v) is 4.27. The zero-order valence-electron chi connectivity index (χ0n) is 9.76. The Labute approximate surface area is 111 Å². The van der Waals surface area contributed by atoms with Crippen molar-refractivity contribution in [1.29, 1.82) is 0 Å². The molecule has 1 amide bonds. The average Bonchev–Trinajstić information content (AvgIpc) is 2.32. The van der Waals surface area contributed by atoms with Gasteiger partial charge >= 0.3 is 0 Å². The predicted molar refractivity (Wildman–Crippen MR) is 63.3 cm³/mol. The van der Waals surface area contributed by atoms with Gasteiger partial charge in [0.25, 0.3) is 6.43 Å². The van der Waals surface area contributed by atoms with E-state index in [9.17, 15) is 22.4 Å². The Morgan fingerprint density at radius 3 is 2.47 bits per heavy atom. The summed E-state index contributed by atoms with van der Waals surface area (Å²) in [4.78, 5) is 11.5. The van der Waals surface area contributed by atoms with Crippen LogP contribution >= 0.6 is 11.6 Å². The van der Waals surface area contributed by atoms with Crippen LogP contribution in [0.25, 0.3) is 0 Å². The van der Waals surface area contributed by atoms with E-state index in [-0.39, 0.29) is 16.3 Å². The molecule has 0 aromatic heterocycles. The monoisotopic (exact) mass is 298 g/mol. The van der Waals surface area contributed by atoms with Crippen molar-refractivity contribution in [3.8, 4) is 0 Å². The summed E-state index contributed by atoms with van der Waals surface area (Å²) in [5.74, 6) is -2.93. The highest BCUT2D eigenvalue weighted by molar-refractivity contribution is 6.32. The van der Waals surface area contributed by atoms with Gasteiger partial charge in [-0.25, -0.2) is 17.6 Å². The van der Waals surface area contributed by atoms with Crippen molar-refractivity contribution < 1.29 is 22.4 Å². The summed E-state index contributed by atoms with van der Waals surface area (Å²) in [6.45, 7) is 1.28. The molecular weight excluding hydrogens is 288 g/mol. The number of halogens is 5. The van der Waals surface area contributed by atoms with E-state index in [0.29, 0.717) is 0 Å². The van der Waals surface area contributed by atoms with Gasteiger partial charge in [0.2, 0.25) is 12.2 Å². The van der Waals surface area contributed by atoms with Gasteiger partial charge in [-0.2, -0.15) is 0 Å². The fraction of sp³-hybridized carbons (Fsp3) is 0.364. The molecule has 0 aliphatic rings. The molecule has 0 fully saturated rings. The van der Waals surface area contributed by atoms with Crippen LogP contribution < -0.4 is 11.1 Å². The van der Waals surface area contributed by atoms with Gasteiger partial charge in [0.15, 0.2) is 0 Å². The van der Waals surface area contributed by atoms with E-state index in [1.54, 1.807) is 0 Å². The molecule has 0 aliphatic heterocycles. The lowest BCUT2D eigenvalue weighted by atomic mass is 9.99. The van der Waals surface area contributed by atoms with Crippen LogP contribution in [0.2, 0.25) is 5.02 Å². The number of nitrogens with one attached hydrogen (secondary N) is 1. The highest BCUT2D eigenvalue weighted by Crippen LogP contribution is 2.28. The molecular formula is C11H11ClF4N2O. The van der Waals surface area contributed by atoms with Gasteiger partial charge in [0.05, 0.1) is 11.6 Å². The topological polar surface area (TPSA) is 55.1 Å². The second kappa shape index (κ2) is 6.10. The van der Waals surface area contributed by atoms with E-state index in [2.05, 4.69) is 0 Å². The molecule has 2 unspecified atom stereocenters. The number of amides is 1. The fourth-order valence-electron chi connectivity index (χ4n) is 1.37. The maximum absolute atomic E-state index is 13.3. The first kappa shape index (κ1) is 15.6. The standard InChI is InChI=1S/C11H11ClF4N2O/c1-4(11(19)18-10(16)9(14)15)5-2-7(13)8(17)3-6(5)12/h2-4,9-10H,17H2,1H3,(H,18,19). The van der Waals surface area contributed by atoms with Crippen molar-refractivity contribution in [2.45, 2.75) is 25.6 Å². The van der Waals surface area contributed by atoms with Crippen molar-refractivity contribution in [2.24, 2.45) is 0 Å². The zero-order valence-corrected chi connectivity index (χ0v) is 10.5. The maximum Gasteiger partial charge on any atom is 0.287 e. The van der Waals surface area contributed by atoms with Crippen molar-refractivity contribution in [3.05, 3.63) is 28.5 Å². The number of nitrogens with two attached hydrogens (primary N) is 1. The first-order valence-electron chi connectivity index (χ1n) is 5.21. The highest BCUT2D eigenvalue weighted by Gasteiger charge is 2.26. The van der Waals surface area contributed by atoms with E-state index in [1.165, 1.54) is 12.2 Å². The quantitative estimate of drug-likeness (QED) is 0.510. The molecule has 1 aromatic carbocycles. The second-order valence-electron chi connectivity index (χ2n) is 3.86. The number of hydrogen-bond donors (Lipinski definition) is 2. The molecule has 1 rings (SSSR count). The molecule has 19 heavy (non-hydrogen) atoms. The molecule has 0 saturated heterocycles. The van der Waals surface area contributed by atoms with Crippen LogP contribution in [-0.4, -0.2) is 18.6 Å². The normalized spacial score (nSPS) is 14.3. The summed E-state index contributed by atoms with van der Waals surface area (Å²) in [5, 5.41) is 1.47. The van der Waals surface area contributed by atoms with Gasteiger partial charge in [-0.15, -0.1) is 0 Å². The molecule has 8 heteroatoms. The number of alkyl halides is 3. The third-order valence-corrected chi connectivity index (χ3v) is 2.80. The predicted octanol–water partition coefficient (Wildman–Crippen LogP) is 2.84. The minimum atomic E-state index is -3.34. The van der Waals surface area contributed by atoms with Crippen molar-refractivity contribution in [1.82, 2.24) is 5.32 Å². The Morgan fingerprint density at radius 1 is 1.37 bits per heavy atom. The lowest BCUT2D eigenvalue weighted by Gasteiger charge is -2.16. The molecule has 0 bridgehead atoms. The lowest BCUT2D eigenvalue weighted by molar-refractivity contribution is -0.126. The van der Waals surface area contributed by atoms with Crippen LogP contribution in [-0.2, 0) is 4.79 Å². The Kier molecular flexibility index (Phi) is 4.99. The van der Waals surface area contributed by atoms with E-state index in [4.69, 9.17) is 17.3 Å². The van der Waals surface area contributed by atoms with Crippen molar-refractivity contribution in [2.75, 3.05) is 5.73 Å². The number of anilines is 1. The molecule has 0 spiro atoms. The van der Waals surface area contributed by atoms with Crippen LogP contribution in [0.5, 0.6) is 0 Å². The van der Waals surface area contributed by atoms with Crippen LogP contribution in [0.1, 0.15) is 18.4 Å². The van der Waals surface area contributed by atoms with Crippen LogP contribution in [0.4, 0.5) is 23.2 Å². The average molecular weight is 299 g/mol. The Morgan fingerprint density at radius 2 is 1.95 bits per heavy atom. The smallest absolute Gasteiger partial charge is 0.287 e. The summed E-state index contributed by atoms with van der Waals surface area (Å²) >= 11 is 5.77. The number of rotatable bonds is 4.